The molecule has 0 amide bonds. The number of oxazole rings is 1. The zero-order valence-electron chi connectivity index (χ0n) is 12.2. The van der Waals surface area contributed by atoms with E-state index >= 15 is 0 Å². The maximum atomic E-state index is 10.5. The molecule has 21 heavy (non-hydrogen) atoms. The lowest BCUT2D eigenvalue weighted by atomic mass is 9.94. The van der Waals surface area contributed by atoms with Gasteiger partial charge in [0.1, 0.15) is 5.52 Å². The summed E-state index contributed by atoms with van der Waals surface area (Å²) in [6.07, 6.45) is 1.33. The topological polar surface area (TPSA) is 84.8 Å². The molecule has 1 aliphatic heterocycles. The summed E-state index contributed by atoms with van der Waals surface area (Å²) in [4.78, 5) is 6.45. The molecule has 0 atom stereocenters. The molecule has 1 saturated heterocycles. The van der Waals surface area contributed by atoms with Gasteiger partial charge < -0.3 is 20.0 Å². The highest BCUT2D eigenvalue weighted by molar-refractivity contribution is 5.85. The number of fused-ring (bicyclic) bond motifs is 1. The van der Waals surface area contributed by atoms with Gasteiger partial charge in [-0.15, -0.1) is 0 Å². The third-order valence-corrected chi connectivity index (χ3v) is 3.89. The molecule has 6 nitrogen and oxygen atoms in total. The Hall–Kier alpha value is -1.63. The molecule has 1 aromatic heterocycles. The van der Waals surface area contributed by atoms with Gasteiger partial charge in [0, 0.05) is 32.6 Å². The molecule has 0 bridgehead atoms. The minimum absolute atomic E-state index is 0.539. The molecule has 0 radical (unpaired) electrons. The minimum Gasteiger partial charge on any atom is -0.439 e. The van der Waals surface area contributed by atoms with Gasteiger partial charge in [-0.05, 0) is 19.2 Å². The Kier molecular flexibility index (Phi) is 3.84. The van der Waals surface area contributed by atoms with Crippen LogP contribution in [0.4, 0.5) is 5.69 Å². The van der Waals surface area contributed by atoms with Crippen LogP contribution >= 0.6 is 0 Å². The summed E-state index contributed by atoms with van der Waals surface area (Å²) < 4.78 is 11.0. The second-order valence-electron chi connectivity index (χ2n) is 5.81. The van der Waals surface area contributed by atoms with E-state index in [4.69, 9.17) is 14.9 Å². The highest BCUT2D eigenvalue weighted by atomic mass is 16.5. The van der Waals surface area contributed by atoms with Crippen LogP contribution < -0.4 is 5.73 Å². The summed E-state index contributed by atoms with van der Waals surface area (Å²) >= 11 is 0. The molecule has 2 heterocycles. The first-order chi connectivity index (χ1) is 10.1. The van der Waals surface area contributed by atoms with Crippen molar-refractivity contribution in [3.05, 3.63) is 24.1 Å². The average molecular weight is 291 g/mol. The Bertz CT molecular complexity index is 620. The van der Waals surface area contributed by atoms with E-state index < -0.39 is 5.60 Å². The summed E-state index contributed by atoms with van der Waals surface area (Å²) in [6, 6.07) is 5.51. The van der Waals surface area contributed by atoms with Crippen molar-refractivity contribution in [2.75, 3.05) is 32.5 Å². The zero-order chi connectivity index (χ0) is 14.9. The van der Waals surface area contributed by atoms with E-state index in [0.29, 0.717) is 61.8 Å². The minimum atomic E-state index is -0.682. The number of benzene rings is 1. The van der Waals surface area contributed by atoms with Crippen LogP contribution in [0.3, 0.4) is 0 Å². The molecule has 1 aromatic carbocycles. The van der Waals surface area contributed by atoms with Crippen molar-refractivity contribution in [3.8, 4) is 0 Å². The van der Waals surface area contributed by atoms with Crippen LogP contribution in [0.5, 0.6) is 0 Å². The van der Waals surface area contributed by atoms with E-state index in [-0.39, 0.29) is 0 Å². The molecule has 0 unspecified atom stereocenters. The van der Waals surface area contributed by atoms with Crippen LogP contribution in [-0.2, 0) is 11.3 Å². The lowest BCUT2D eigenvalue weighted by Crippen LogP contribution is -2.45. The van der Waals surface area contributed by atoms with Gasteiger partial charge in [-0.25, -0.2) is 4.98 Å². The Morgan fingerprint density at radius 3 is 2.86 bits per heavy atom. The van der Waals surface area contributed by atoms with Crippen LogP contribution in [0, 0.1) is 0 Å². The molecule has 2 aromatic rings. The number of hydrogen-bond acceptors (Lipinski definition) is 6. The number of nitrogens with zero attached hydrogens (tertiary/aromatic N) is 2. The van der Waals surface area contributed by atoms with E-state index in [2.05, 4.69) is 4.98 Å². The van der Waals surface area contributed by atoms with E-state index in [0.717, 1.165) is 0 Å². The average Bonchev–Trinajstić information content (AvgIpc) is 2.82. The number of ether oxygens (including phenoxy) is 1. The molecule has 6 heteroatoms. The normalized spacial score (nSPS) is 18.4. The van der Waals surface area contributed by atoms with Crippen LogP contribution in [0.25, 0.3) is 11.1 Å². The summed E-state index contributed by atoms with van der Waals surface area (Å²) in [6.45, 7) is 2.34. The van der Waals surface area contributed by atoms with Gasteiger partial charge >= 0.3 is 0 Å². The summed E-state index contributed by atoms with van der Waals surface area (Å²) in [5.74, 6) is 0.612. The van der Waals surface area contributed by atoms with Gasteiger partial charge in [0.15, 0.2) is 5.58 Å². The lowest BCUT2D eigenvalue weighted by Gasteiger charge is -2.35. The van der Waals surface area contributed by atoms with E-state index in [1.807, 2.05) is 30.1 Å². The number of likely N-dealkylation sites (N-methyl/N-ethyl adjacent to an activating group) is 1. The fourth-order valence-electron chi connectivity index (χ4n) is 2.78. The molecule has 0 spiro atoms. The highest BCUT2D eigenvalue weighted by Gasteiger charge is 2.31. The number of para-hydroxylation sites is 1. The number of aromatic nitrogens is 1. The number of hydrogen-bond donors (Lipinski definition) is 2. The van der Waals surface area contributed by atoms with Gasteiger partial charge in [-0.1, -0.05) is 6.07 Å². The zero-order valence-corrected chi connectivity index (χ0v) is 12.2. The van der Waals surface area contributed by atoms with Crippen LogP contribution in [0.2, 0.25) is 0 Å². The van der Waals surface area contributed by atoms with Gasteiger partial charge in [-0.3, -0.25) is 4.90 Å². The van der Waals surface area contributed by atoms with Gasteiger partial charge in [0.2, 0.25) is 5.89 Å². The first-order valence-electron chi connectivity index (χ1n) is 7.18. The fraction of sp³-hybridized carbons (Fsp3) is 0.533. The Morgan fingerprint density at radius 1 is 1.38 bits per heavy atom. The number of rotatable bonds is 4. The fourth-order valence-corrected chi connectivity index (χ4v) is 2.78. The van der Waals surface area contributed by atoms with E-state index in [9.17, 15) is 5.11 Å². The second-order valence-corrected chi connectivity index (χ2v) is 5.81. The third kappa shape index (κ3) is 3.18. The van der Waals surface area contributed by atoms with Crippen molar-refractivity contribution < 1.29 is 14.3 Å². The maximum absolute atomic E-state index is 10.5. The predicted molar refractivity (Wildman–Crippen MR) is 79.8 cm³/mol. The highest BCUT2D eigenvalue weighted by Crippen LogP contribution is 2.24. The number of nitrogen functional groups attached to an aromatic ring is 1. The molecule has 1 fully saturated rings. The number of nitrogens with two attached hydrogens (primary N) is 1. The molecule has 0 aliphatic carbocycles. The van der Waals surface area contributed by atoms with Crippen LogP contribution in [0.15, 0.2) is 22.6 Å². The summed E-state index contributed by atoms with van der Waals surface area (Å²) in [5.41, 5.74) is 7.21. The molecule has 3 N–H and O–H groups in total. The second kappa shape index (κ2) is 5.63. The van der Waals surface area contributed by atoms with Crippen molar-refractivity contribution in [1.29, 1.82) is 0 Å². The SMILES string of the molecule is CN(Cc1nc2c(N)cccc2o1)CC1(O)CCOCC1. The molecule has 1 aliphatic rings. The Balaban J connectivity index is 1.68. The molecular formula is C15H21N3O3. The quantitative estimate of drug-likeness (QED) is 0.828. The standard InChI is InChI=1S/C15H21N3O3/c1-18(10-15(19)5-7-20-8-6-15)9-13-17-14-11(16)3-2-4-12(14)21-13/h2-4,19H,5-10,16H2,1H3. The number of aliphatic hydroxyl groups is 1. The molecular weight excluding hydrogens is 270 g/mol. The monoisotopic (exact) mass is 291 g/mol. The largest absolute Gasteiger partial charge is 0.439 e. The molecule has 3 rings (SSSR count). The van der Waals surface area contributed by atoms with Crippen LogP contribution in [-0.4, -0.2) is 47.4 Å². The molecule has 0 saturated carbocycles. The van der Waals surface area contributed by atoms with E-state index in [1.165, 1.54) is 0 Å². The predicted octanol–water partition coefficient (Wildman–Crippen LogP) is 1.38. The van der Waals surface area contributed by atoms with Crippen LogP contribution in [0.1, 0.15) is 18.7 Å². The van der Waals surface area contributed by atoms with Gasteiger partial charge in [0.25, 0.3) is 0 Å². The molecule has 114 valence electrons. The van der Waals surface area contributed by atoms with E-state index in [1.54, 1.807) is 0 Å². The summed E-state index contributed by atoms with van der Waals surface area (Å²) in [7, 11) is 1.95. The Morgan fingerprint density at radius 2 is 2.14 bits per heavy atom. The lowest BCUT2D eigenvalue weighted by molar-refractivity contribution is -0.0783. The smallest absolute Gasteiger partial charge is 0.209 e. The number of anilines is 1. The van der Waals surface area contributed by atoms with Crippen molar-refractivity contribution in [2.24, 2.45) is 0 Å². The maximum Gasteiger partial charge on any atom is 0.209 e. The van der Waals surface area contributed by atoms with Crippen molar-refractivity contribution >= 4 is 16.8 Å². The third-order valence-electron chi connectivity index (χ3n) is 3.89. The first-order valence-corrected chi connectivity index (χ1v) is 7.18. The Labute approximate surface area is 123 Å². The summed E-state index contributed by atoms with van der Waals surface area (Å²) in [5, 5.41) is 10.5. The van der Waals surface area contributed by atoms with Gasteiger partial charge in [-0.2, -0.15) is 0 Å². The van der Waals surface area contributed by atoms with Crippen molar-refractivity contribution in [1.82, 2.24) is 9.88 Å². The van der Waals surface area contributed by atoms with Gasteiger partial charge in [0.05, 0.1) is 17.8 Å². The first kappa shape index (κ1) is 14.3. The van der Waals surface area contributed by atoms with Crippen molar-refractivity contribution in [3.63, 3.8) is 0 Å². The van der Waals surface area contributed by atoms with Crippen molar-refractivity contribution in [2.45, 2.75) is 25.0 Å².